The van der Waals surface area contributed by atoms with Crippen LogP contribution in [0.25, 0.3) is 0 Å². The molecule has 108 valence electrons. The molecule has 0 aliphatic heterocycles. The Morgan fingerprint density at radius 1 is 1.22 bits per heavy atom. The second kappa shape index (κ2) is 9.22. The SMILES string of the molecule is CC(C)SCCC(CO)C(N)CC1CCCCC1. The van der Waals surface area contributed by atoms with Crippen LogP contribution in [0.1, 0.15) is 58.8 Å². The summed E-state index contributed by atoms with van der Waals surface area (Å²) < 4.78 is 0. The van der Waals surface area contributed by atoms with E-state index in [0.29, 0.717) is 11.2 Å². The van der Waals surface area contributed by atoms with Gasteiger partial charge >= 0.3 is 0 Å². The molecular formula is C15H31NOS. The van der Waals surface area contributed by atoms with E-state index in [1.807, 2.05) is 11.8 Å². The number of rotatable bonds is 8. The molecule has 0 saturated heterocycles. The molecule has 3 N–H and O–H groups in total. The average molecular weight is 273 g/mol. The van der Waals surface area contributed by atoms with Gasteiger partial charge in [0.2, 0.25) is 0 Å². The molecular weight excluding hydrogens is 242 g/mol. The third kappa shape index (κ3) is 6.44. The number of hydrogen-bond acceptors (Lipinski definition) is 3. The van der Waals surface area contributed by atoms with Crippen LogP contribution in [0.5, 0.6) is 0 Å². The highest BCUT2D eigenvalue weighted by Gasteiger charge is 2.22. The molecule has 0 spiro atoms. The molecule has 18 heavy (non-hydrogen) atoms. The standard InChI is InChI=1S/C15H31NOS/c1-12(2)18-9-8-14(11-17)15(16)10-13-6-4-3-5-7-13/h12-15,17H,3-11,16H2,1-2H3. The lowest BCUT2D eigenvalue weighted by Crippen LogP contribution is -2.35. The summed E-state index contributed by atoms with van der Waals surface area (Å²) in [6.45, 7) is 4.70. The van der Waals surface area contributed by atoms with Crippen LogP contribution < -0.4 is 5.73 Å². The fourth-order valence-electron chi connectivity index (χ4n) is 2.90. The van der Waals surface area contributed by atoms with Crippen molar-refractivity contribution < 1.29 is 5.11 Å². The fourth-order valence-corrected chi connectivity index (χ4v) is 3.81. The van der Waals surface area contributed by atoms with Crippen molar-refractivity contribution in [3.63, 3.8) is 0 Å². The normalized spacial score (nSPS) is 21.2. The third-order valence-electron chi connectivity index (χ3n) is 4.11. The topological polar surface area (TPSA) is 46.2 Å². The second-order valence-corrected chi connectivity index (χ2v) is 7.74. The van der Waals surface area contributed by atoms with Crippen molar-refractivity contribution in [1.29, 1.82) is 0 Å². The minimum absolute atomic E-state index is 0.200. The van der Waals surface area contributed by atoms with Gasteiger partial charge in [-0.3, -0.25) is 0 Å². The largest absolute Gasteiger partial charge is 0.396 e. The molecule has 2 unspecified atom stereocenters. The molecule has 0 amide bonds. The lowest BCUT2D eigenvalue weighted by molar-refractivity contribution is 0.181. The smallest absolute Gasteiger partial charge is 0.0474 e. The van der Waals surface area contributed by atoms with Crippen LogP contribution in [0.15, 0.2) is 0 Å². The maximum absolute atomic E-state index is 9.50. The highest BCUT2D eigenvalue weighted by molar-refractivity contribution is 7.99. The number of aliphatic hydroxyl groups excluding tert-OH is 1. The lowest BCUT2D eigenvalue weighted by Gasteiger charge is -2.28. The van der Waals surface area contributed by atoms with Gasteiger partial charge in [0.15, 0.2) is 0 Å². The van der Waals surface area contributed by atoms with Gasteiger partial charge in [-0.2, -0.15) is 11.8 Å². The van der Waals surface area contributed by atoms with Crippen LogP contribution in [0.3, 0.4) is 0 Å². The van der Waals surface area contributed by atoms with Gasteiger partial charge in [0.1, 0.15) is 0 Å². The van der Waals surface area contributed by atoms with Crippen molar-refractivity contribution in [1.82, 2.24) is 0 Å². The summed E-state index contributed by atoms with van der Waals surface area (Å²) in [5, 5.41) is 10.2. The quantitative estimate of drug-likeness (QED) is 0.712. The molecule has 1 rings (SSSR count). The van der Waals surface area contributed by atoms with Crippen molar-refractivity contribution in [3.8, 4) is 0 Å². The Morgan fingerprint density at radius 3 is 2.44 bits per heavy atom. The molecule has 0 radical (unpaired) electrons. The van der Waals surface area contributed by atoms with Crippen LogP contribution in [-0.2, 0) is 0 Å². The van der Waals surface area contributed by atoms with Crippen molar-refractivity contribution in [2.75, 3.05) is 12.4 Å². The van der Waals surface area contributed by atoms with Crippen LogP contribution in [0.2, 0.25) is 0 Å². The Balaban J connectivity index is 2.24. The first-order chi connectivity index (χ1) is 8.63. The molecule has 1 aliphatic rings. The minimum Gasteiger partial charge on any atom is -0.396 e. The predicted octanol–water partition coefficient (Wildman–Crippen LogP) is 3.42. The van der Waals surface area contributed by atoms with Crippen LogP contribution in [0, 0.1) is 11.8 Å². The zero-order chi connectivity index (χ0) is 13.4. The number of nitrogens with two attached hydrogens (primary N) is 1. The van der Waals surface area contributed by atoms with Crippen LogP contribution in [0.4, 0.5) is 0 Å². The molecule has 0 aromatic rings. The van der Waals surface area contributed by atoms with Crippen molar-refractivity contribution >= 4 is 11.8 Å². The van der Waals surface area contributed by atoms with Gasteiger partial charge in [-0.15, -0.1) is 0 Å². The molecule has 1 fully saturated rings. The minimum atomic E-state index is 0.200. The average Bonchev–Trinajstić information content (AvgIpc) is 2.35. The van der Waals surface area contributed by atoms with Crippen molar-refractivity contribution in [2.45, 2.75) is 70.1 Å². The lowest BCUT2D eigenvalue weighted by atomic mass is 9.81. The molecule has 0 aromatic heterocycles. The van der Waals surface area contributed by atoms with E-state index in [1.165, 1.54) is 32.1 Å². The van der Waals surface area contributed by atoms with E-state index in [2.05, 4.69) is 13.8 Å². The Labute approximate surface area is 117 Å². The van der Waals surface area contributed by atoms with Gasteiger partial charge in [-0.25, -0.2) is 0 Å². The first-order valence-electron chi connectivity index (χ1n) is 7.61. The summed E-state index contributed by atoms with van der Waals surface area (Å²) in [7, 11) is 0. The van der Waals surface area contributed by atoms with E-state index in [9.17, 15) is 5.11 Å². The van der Waals surface area contributed by atoms with Crippen molar-refractivity contribution in [3.05, 3.63) is 0 Å². The maximum atomic E-state index is 9.50. The van der Waals surface area contributed by atoms with E-state index in [0.717, 1.165) is 24.5 Å². The highest BCUT2D eigenvalue weighted by Crippen LogP contribution is 2.29. The molecule has 3 heteroatoms. The number of hydrogen-bond donors (Lipinski definition) is 2. The first-order valence-corrected chi connectivity index (χ1v) is 8.66. The van der Waals surface area contributed by atoms with Gasteiger partial charge in [-0.1, -0.05) is 46.0 Å². The third-order valence-corrected chi connectivity index (χ3v) is 5.25. The van der Waals surface area contributed by atoms with Gasteiger partial charge < -0.3 is 10.8 Å². The summed E-state index contributed by atoms with van der Waals surface area (Å²) in [6.07, 6.45) is 9.05. The highest BCUT2D eigenvalue weighted by atomic mass is 32.2. The second-order valence-electron chi connectivity index (χ2n) is 6.05. The fraction of sp³-hybridized carbons (Fsp3) is 1.00. The molecule has 0 heterocycles. The van der Waals surface area contributed by atoms with Gasteiger partial charge in [-0.05, 0) is 35.7 Å². The maximum Gasteiger partial charge on any atom is 0.0474 e. The molecule has 1 saturated carbocycles. The summed E-state index contributed by atoms with van der Waals surface area (Å²) in [5.74, 6) is 2.25. The molecule has 1 aliphatic carbocycles. The monoisotopic (exact) mass is 273 g/mol. The van der Waals surface area contributed by atoms with E-state index in [-0.39, 0.29) is 12.6 Å². The number of aliphatic hydroxyl groups is 1. The Bertz CT molecular complexity index is 205. The summed E-state index contributed by atoms with van der Waals surface area (Å²) in [4.78, 5) is 0. The van der Waals surface area contributed by atoms with E-state index in [1.54, 1.807) is 0 Å². The summed E-state index contributed by atoms with van der Waals surface area (Å²) in [5.41, 5.74) is 6.31. The summed E-state index contributed by atoms with van der Waals surface area (Å²) >= 11 is 1.97. The van der Waals surface area contributed by atoms with Gasteiger partial charge in [0.05, 0.1) is 0 Å². The summed E-state index contributed by atoms with van der Waals surface area (Å²) in [6, 6.07) is 0.200. The Kier molecular flexibility index (Phi) is 8.36. The molecule has 0 bridgehead atoms. The zero-order valence-corrected chi connectivity index (χ0v) is 12.9. The first kappa shape index (κ1) is 16.3. The molecule has 2 atom stereocenters. The zero-order valence-electron chi connectivity index (χ0n) is 12.1. The molecule has 0 aromatic carbocycles. The van der Waals surface area contributed by atoms with Crippen LogP contribution >= 0.6 is 11.8 Å². The van der Waals surface area contributed by atoms with E-state index in [4.69, 9.17) is 5.73 Å². The Hall–Kier alpha value is 0.270. The predicted molar refractivity (Wildman–Crippen MR) is 82.0 cm³/mol. The van der Waals surface area contributed by atoms with Gasteiger partial charge in [0.25, 0.3) is 0 Å². The van der Waals surface area contributed by atoms with E-state index >= 15 is 0 Å². The Morgan fingerprint density at radius 2 is 1.89 bits per heavy atom. The molecule has 2 nitrogen and oxygen atoms in total. The van der Waals surface area contributed by atoms with E-state index < -0.39 is 0 Å². The van der Waals surface area contributed by atoms with Crippen molar-refractivity contribution in [2.24, 2.45) is 17.6 Å². The van der Waals surface area contributed by atoms with Crippen LogP contribution in [-0.4, -0.2) is 28.8 Å². The number of thioether (sulfide) groups is 1. The van der Waals surface area contributed by atoms with Gasteiger partial charge in [0, 0.05) is 12.6 Å².